The van der Waals surface area contributed by atoms with Crippen LogP contribution in [-0.4, -0.2) is 23.9 Å². The topological polar surface area (TPSA) is 58.2 Å². The highest BCUT2D eigenvalue weighted by Crippen LogP contribution is 2.24. The first-order valence-electron chi connectivity index (χ1n) is 8.96. The highest BCUT2D eigenvalue weighted by Gasteiger charge is 2.28. The Labute approximate surface area is 148 Å². The number of carbonyl (C=O) groups excluding carboxylic acids is 2. The average molecular weight is 346 g/mol. The first-order chi connectivity index (χ1) is 11.9. The van der Waals surface area contributed by atoms with E-state index in [0.29, 0.717) is 6.42 Å². The molecule has 0 aromatic heterocycles. The molecule has 1 aliphatic carbocycles. The fourth-order valence-electron chi connectivity index (χ4n) is 3.16. The van der Waals surface area contributed by atoms with Gasteiger partial charge in [0.15, 0.2) is 0 Å². The molecule has 0 saturated heterocycles. The Morgan fingerprint density at radius 1 is 1.32 bits per heavy atom. The van der Waals surface area contributed by atoms with Crippen molar-refractivity contribution >= 4 is 17.9 Å². The molecule has 136 valence electrons. The molecule has 2 rings (SSSR count). The summed E-state index contributed by atoms with van der Waals surface area (Å²) in [5, 5.41) is 5.96. The third kappa shape index (κ3) is 6.69. The van der Waals surface area contributed by atoms with E-state index in [1.54, 1.807) is 24.3 Å². The molecule has 1 saturated carbocycles. The van der Waals surface area contributed by atoms with Crippen molar-refractivity contribution in [2.45, 2.75) is 58.0 Å². The lowest BCUT2D eigenvalue weighted by Gasteiger charge is -2.29. The summed E-state index contributed by atoms with van der Waals surface area (Å²) < 4.78 is 13.1. The monoisotopic (exact) mass is 346 g/mol. The maximum Gasteiger partial charge on any atom is 0.224 e. The lowest BCUT2D eigenvalue weighted by atomic mass is 9.85. The van der Waals surface area contributed by atoms with Crippen molar-refractivity contribution in [3.8, 4) is 0 Å². The van der Waals surface area contributed by atoms with Crippen molar-refractivity contribution < 1.29 is 14.0 Å². The van der Waals surface area contributed by atoms with Gasteiger partial charge in [-0.1, -0.05) is 30.7 Å². The van der Waals surface area contributed by atoms with Gasteiger partial charge in [0.1, 0.15) is 5.82 Å². The quantitative estimate of drug-likeness (QED) is 0.829. The van der Waals surface area contributed by atoms with Crippen molar-refractivity contribution in [3.05, 3.63) is 41.7 Å². The van der Waals surface area contributed by atoms with Crippen molar-refractivity contribution in [2.24, 2.45) is 5.92 Å². The highest BCUT2D eigenvalue weighted by atomic mass is 19.1. The van der Waals surface area contributed by atoms with Crippen molar-refractivity contribution in [3.63, 3.8) is 0 Å². The second kappa shape index (κ2) is 9.35. The number of halogens is 1. The molecule has 2 atom stereocenters. The lowest BCUT2D eigenvalue weighted by molar-refractivity contribution is -0.128. The van der Waals surface area contributed by atoms with Gasteiger partial charge in [-0.25, -0.2) is 4.39 Å². The van der Waals surface area contributed by atoms with Crippen LogP contribution >= 0.6 is 0 Å². The molecular weight excluding hydrogens is 319 g/mol. The molecule has 0 aliphatic heterocycles. The summed E-state index contributed by atoms with van der Waals surface area (Å²) in [5.74, 6) is -0.300. The van der Waals surface area contributed by atoms with E-state index >= 15 is 0 Å². The Bertz CT molecular complexity index is 628. The van der Waals surface area contributed by atoms with E-state index in [4.69, 9.17) is 0 Å². The lowest BCUT2D eigenvalue weighted by Crippen LogP contribution is -2.43. The van der Waals surface area contributed by atoms with Crippen LogP contribution in [0, 0.1) is 11.7 Å². The molecule has 2 amide bonds. The molecular formula is C20H27FN2O2. The highest BCUT2D eigenvalue weighted by molar-refractivity contribution is 5.80. The minimum atomic E-state index is -0.292. The predicted molar refractivity (Wildman–Crippen MR) is 97.2 cm³/mol. The van der Waals surface area contributed by atoms with E-state index < -0.39 is 0 Å². The zero-order valence-corrected chi connectivity index (χ0v) is 14.9. The zero-order chi connectivity index (χ0) is 18.2. The molecule has 5 heteroatoms. The Kier molecular flexibility index (Phi) is 7.16. The van der Waals surface area contributed by atoms with Gasteiger partial charge in [-0.3, -0.25) is 9.59 Å². The maximum absolute atomic E-state index is 13.1. The van der Waals surface area contributed by atoms with Gasteiger partial charge >= 0.3 is 0 Å². The van der Waals surface area contributed by atoms with Gasteiger partial charge in [-0.2, -0.15) is 0 Å². The molecule has 1 aromatic carbocycles. The minimum Gasteiger partial charge on any atom is -0.354 e. The van der Waals surface area contributed by atoms with Crippen molar-refractivity contribution in [1.82, 2.24) is 10.6 Å². The molecule has 0 bridgehead atoms. The zero-order valence-electron chi connectivity index (χ0n) is 14.9. The first-order valence-corrected chi connectivity index (χ1v) is 8.96. The van der Waals surface area contributed by atoms with E-state index in [2.05, 4.69) is 10.6 Å². The first kappa shape index (κ1) is 19.2. The van der Waals surface area contributed by atoms with Crippen LogP contribution in [-0.2, 0) is 9.59 Å². The van der Waals surface area contributed by atoms with Crippen LogP contribution < -0.4 is 10.6 Å². The summed E-state index contributed by atoms with van der Waals surface area (Å²) >= 11 is 0. The standard InChI is InChI=1S/C20H27FN2O2/c1-14(2)22-20(25)16-8-5-10-18(13-16)23-19(24)11-4-7-15-6-3-9-17(21)12-15/h3-4,6-7,9,12,14,16,18H,5,8,10-11,13H2,1-2H3,(H,22,25)(H,23,24)/b7-4+/t16-,18+/m0/s1. The molecule has 0 spiro atoms. The van der Waals surface area contributed by atoms with E-state index in [1.165, 1.54) is 12.1 Å². The van der Waals surface area contributed by atoms with Gasteiger partial charge in [0.2, 0.25) is 11.8 Å². The second-order valence-electron chi connectivity index (χ2n) is 6.95. The number of carbonyl (C=O) groups is 2. The van der Waals surface area contributed by atoms with Crippen LogP contribution in [0.25, 0.3) is 6.08 Å². The molecule has 4 nitrogen and oxygen atoms in total. The number of nitrogens with one attached hydrogen (secondary N) is 2. The van der Waals surface area contributed by atoms with Gasteiger partial charge in [0.05, 0.1) is 0 Å². The van der Waals surface area contributed by atoms with E-state index in [-0.39, 0.29) is 42.1 Å². The second-order valence-corrected chi connectivity index (χ2v) is 6.95. The summed E-state index contributed by atoms with van der Waals surface area (Å²) in [7, 11) is 0. The number of benzene rings is 1. The fourth-order valence-corrected chi connectivity index (χ4v) is 3.16. The Hall–Kier alpha value is -2.17. The van der Waals surface area contributed by atoms with Crippen LogP contribution in [0.4, 0.5) is 4.39 Å². The average Bonchev–Trinajstić information content (AvgIpc) is 2.54. The van der Waals surface area contributed by atoms with Gasteiger partial charge in [-0.15, -0.1) is 0 Å². The fraction of sp³-hybridized carbons (Fsp3) is 0.500. The summed E-state index contributed by atoms with van der Waals surface area (Å²) in [6, 6.07) is 6.42. The summed E-state index contributed by atoms with van der Waals surface area (Å²) in [4.78, 5) is 24.2. The maximum atomic E-state index is 13.1. The third-order valence-electron chi connectivity index (χ3n) is 4.30. The van der Waals surface area contributed by atoms with Crippen LogP contribution in [0.2, 0.25) is 0 Å². The largest absolute Gasteiger partial charge is 0.354 e. The molecule has 1 aromatic rings. The molecule has 0 unspecified atom stereocenters. The molecule has 2 N–H and O–H groups in total. The van der Waals surface area contributed by atoms with Gasteiger partial charge in [-0.05, 0) is 50.8 Å². The molecule has 0 heterocycles. The predicted octanol–water partition coefficient (Wildman–Crippen LogP) is 3.43. The number of rotatable bonds is 6. The smallest absolute Gasteiger partial charge is 0.224 e. The SMILES string of the molecule is CC(C)NC(=O)[C@H]1CCC[C@@H](NC(=O)C/C=C/c2cccc(F)c2)C1. The molecule has 1 aliphatic rings. The van der Waals surface area contributed by atoms with Gasteiger partial charge < -0.3 is 10.6 Å². The summed E-state index contributed by atoms with van der Waals surface area (Å²) in [6.07, 6.45) is 7.14. The van der Waals surface area contributed by atoms with E-state index in [0.717, 1.165) is 24.8 Å². The van der Waals surface area contributed by atoms with Gasteiger partial charge in [0.25, 0.3) is 0 Å². The van der Waals surface area contributed by atoms with Crippen molar-refractivity contribution in [1.29, 1.82) is 0 Å². The van der Waals surface area contributed by atoms with Gasteiger partial charge in [0, 0.05) is 24.4 Å². The van der Waals surface area contributed by atoms with Crippen molar-refractivity contribution in [2.75, 3.05) is 0 Å². The Morgan fingerprint density at radius 3 is 2.84 bits per heavy atom. The van der Waals surface area contributed by atoms with E-state index in [1.807, 2.05) is 13.8 Å². The van der Waals surface area contributed by atoms with Crippen LogP contribution in [0.5, 0.6) is 0 Å². The molecule has 1 fully saturated rings. The normalized spacial score (nSPS) is 20.6. The van der Waals surface area contributed by atoms with E-state index in [9.17, 15) is 14.0 Å². The summed E-state index contributed by atoms with van der Waals surface area (Å²) in [6.45, 7) is 3.90. The molecule has 25 heavy (non-hydrogen) atoms. The molecule has 0 radical (unpaired) electrons. The van der Waals surface area contributed by atoms with Crippen LogP contribution in [0.3, 0.4) is 0 Å². The number of amides is 2. The number of hydrogen-bond donors (Lipinski definition) is 2. The van der Waals surface area contributed by atoms with Crippen LogP contribution in [0.1, 0.15) is 51.5 Å². The number of hydrogen-bond acceptors (Lipinski definition) is 2. The minimum absolute atomic E-state index is 0.0238. The Morgan fingerprint density at radius 2 is 2.12 bits per heavy atom. The Balaban J connectivity index is 1.78. The van der Waals surface area contributed by atoms with Crippen LogP contribution in [0.15, 0.2) is 30.3 Å². The third-order valence-corrected chi connectivity index (χ3v) is 4.30. The summed E-state index contributed by atoms with van der Waals surface area (Å²) in [5.41, 5.74) is 0.732.